The van der Waals surface area contributed by atoms with E-state index in [1.54, 1.807) is 6.92 Å². The molecule has 3 nitrogen and oxygen atoms in total. The first kappa shape index (κ1) is 10.7. The Bertz CT molecular complexity index is 201. The quantitative estimate of drug-likeness (QED) is 0.453. The maximum atomic E-state index is 11.2. The van der Waals surface area contributed by atoms with E-state index in [1.165, 1.54) is 11.9 Å². The lowest BCUT2D eigenvalue weighted by molar-refractivity contribution is 0.144. The maximum absolute atomic E-state index is 11.2. The summed E-state index contributed by atoms with van der Waals surface area (Å²) in [7, 11) is 17.5. The van der Waals surface area contributed by atoms with Gasteiger partial charge in [-0.2, -0.15) is 0 Å². The van der Waals surface area contributed by atoms with Crippen LogP contribution in [0.1, 0.15) is 6.92 Å². The van der Waals surface area contributed by atoms with Gasteiger partial charge in [0.1, 0.15) is 6.10 Å². The molecule has 0 saturated carbocycles. The van der Waals surface area contributed by atoms with Crippen molar-refractivity contribution in [3.8, 4) is 0 Å². The zero-order valence-electron chi connectivity index (χ0n) is 7.51. The van der Waals surface area contributed by atoms with Gasteiger partial charge in [-0.1, -0.05) is 0 Å². The number of rotatable bonds is 3. The van der Waals surface area contributed by atoms with Crippen LogP contribution < -0.4 is 0 Å². The summed E-state index contributed by atoms with van der Waals surface area (Å²) in [6.07, 6.45) is -1.23. The maximum Gasteiger partial charge on any atom is 0.396 e. The van der Waals surface area contributed by atoms with Crippen LogP contribution in [0.2, 0.25) is 0 Å². The monoisotopic (exact) mass is 166 g/mol. The number of hydrogen-bond acceptors (Lipinski definition) is 2. The third-order valence-corrected chi connectivity index (χ3v) is 1.94. The molecule has 9 heteroatoms. The van der Waals surface area contributed by atoms with E-state index in [0.717, 1.165) is 0 Å². The summed E-state index contributed by atoms with van der Waals surface area (Å²) in [5.41, 5.74) is 0. The molecular formula is C4H6B6NO2. The molecule has 1 fully saturated rings. The van der Waals surface area contributed by atoms with E-state index in [0.29, 0.717) is 6.54 Å². The second-order valence-corrected chi connectivity index (χ2v) is 3.11. The standard InChI is InChI=1S/C4H6B6NO2/c1-3-2-11(4(12)13-3)10(8-5)9(6)7/h3H,2H2,1H3. The molecule has 0 aliphatic carbocycles. The molecule has 0 bridgehead atoms. The molecule has 1 amide bonds. The van der Waals surface area contributed by atoms with Gasteiger partial charge in [-0.05, 0) is 6.92 Å². The molecule has 57 valence electrons. The fourth-order valence-corrected chi connectivity index (χ4v) is 1.31. The second kappa shape index (κ2) is 4.25. The van der Waals surface area contributed by atoms with Crippen LogP contribution >= 0.6 is 0 Å². The summed E-state index contributed by atoms with van der Waals surface area (Å²) >= 11 is 0. The minimum Gasteiger partial charge on any atom is -0.445 e. The fraction of sp³-hybridized carbons (Fsp3) is 0.750. The molecule has 7 radical (unpaired) electrons. The summed E-state index contributed by atoms with van der Waals surface area (Å²) in [6.45, 7) is 1.81. The van der Waals surface area contributed by atoms with Gasteiger partial charge in [0.25, 0.3) is 0 Å². The van der Waals surface area contributed by atoms with Crippen molar-refractivity contribution in [3.05, 3.63) is 0 Å². The van der Waals surface area contributed by atoms with Gasteiger partial charge in [-0.15, -0.1) is 0 Å². The molecule has 1 heterocycles. The van der Waals surface area contributed by atoms with E-state index < -0.39 is 19.1 Å². The van der Waals surface area contributed by atoms with E-state index in [-0.39, 0.29) is 6.10 Å². The van der Waals surface area contributed by atoms with Crippen LogP contribution in [0.25, 0.3) is 0 Å². The van der Waals surface area contributed by atoms with E-state index in [1.807, 2.05) is 0 Å². The summed E-state index contributed by atoms with van der Waals surface area (Å²) in [5.74, 6) is 0. The first-order valence-electron chi connectivity index (χ1n) is 4.09. The van der Waals surface area contributed by atoms with Gasteiger partial charge >= 0.3 is 6.09 Å². The van der Waals surface area contributed by atoms with Crippen molar-refractivity contribution in [1.29, 1.82) is 0 Å². The molecule has 1 saturated heterocycles. The third-order valence-electron chi connectivity index (χ3n) is 1.94. The number of cyclic esters (lactones) is 1. The van der Waals surface area contributed by atoms with Crippen LogP contribution in [0.3, 0.4) is 0 Å². The van der Waals surface area contributed by atoms with E-state index >= 15 is 0 Å². The van der Waals surface area contributed by atoms with Crippen LogP contribution in [-0.4, -0.2) is 66.8 Å². The molecule has 1 aliphatic rings. The highest BCUT2D eigenvalue weighted by Gasteiger charge is 2.35. The Morgan fingerprint density at radius 1 is 1.69 bits per heavy atom. The minimum absolute atomic E-state index is 0.131. The lowest BCUT2D eigenvalue weighted by atomic mass is 8.85. The predicted octanol–water partition coefficient (Wildman–Crippen LogP) is -1.99. The Morgan fingerprint density at radius 3 is 2.62 bits per heavy atom. The Labute approximate surface area is 83.9 Å². The van der Waals surface area contributed by atoms with Crippen molar-refractivity contribution in [1.82, 2.24) is 4.81 Å². The molecule has 1 unspecified atom stereocenters. The first-order chi connectivity index (χ1) is 6.06. The van der Waals surface area contributed by atoms with Crippen molar-refractivity contribution in [2.24, 2.45) is 0 Å². The van der Waals surface area contributed by atoms with Gasteiger partial charge in [0.15, 0.2) is 6.63 Å². The predicted molar refractivity (Wildman–Crippen MR) is 57.2 cm³/mol. The van der Waals surface area contributed by atoms with Gasteiger partial charge in [-0.3, -0.25) is 0 Å². The van der Waals surface area contributed by atoms with Crippen molar-refractivity contribution in [3.63, 3.8) is 0 Å². The van der Waals surface area contributed by atoms with E-state index in [4.69, 9.17) is 27.9 Å². The lowest BCUT2D eigenvalue weighted by Crippen LogP contribution is -2.57. The highest BCUT2D eigenvalue weighted by molar-refractivity contribution is 7.71. The van der Waals surface area contributed by atoms with Gasteiger partial charge in [0.05, 0.1) is 0 Å². The molecule has 13 heavy (non-hydrogen) atoms. The van der Waals surface area contributed by atoms with Crippen LogP contribution in [0.5, 0.6) is 0 Å². The molecule has 1 rings (SSSR count). The number of amides is 1. The topological polar surface area (TPSA) is 29.5 Å². The number of carbonyl (C=O) groups is 1. The second-order valence-electron chi connectivity index (χ2n) is 3.11. The first-order valence-corrected chi connectivity index (χ1v) is 4.09. The smallest absolute Gasteiger partial charge is 0.396 e. The number of ether oxygens (including phenoxy) is 1. The van der Waals surface area contributed by atoms with Crippen molar-refractivity contribution >= 4 is 49.4 Å². The zero-order chi connectivity index (χ0) is 10.0. The normalized spacial score (nSPS) is 21.2. The Morgan fingerprint density at radius 2 is 2.31 bits per heavy atom. The Hall–Kier alpha value is -0.340. The van der Waals surface area contributed by atoms with Crippen LogP contribution in [0.15, 0.2) is 0 Å². The number of hydrogen-bond donors (Lipinski definition) is 0. The Kier molecular flexibility index (Phi) is 3.51. The molecule has 0 aromatic heterocycles. The molecule has 0 aromatic carbocycles. The van der Waals surface area contributed by atoms with Gasteiger partial charge in [0, 0.05) is 43.2 Å². The summed E-state index contributed by atoms with van der Waals surface area (Å²) in [4.78, 5) is 12.6. The van der Waals surface area contributed by atoms with Gasteiger partial charge < -0.3 is 9.55 Å². The van der Waals surface area contributed by atoms with Gasteiger partial charge in [0.2, 0.25) is 0 Å². The van der Waals surface area contributed by atoms with Gasteiger partial charge in [-0.25, -0.2) is 4.79 Å². The average molecular weight is 165 g/mol. The fourth-order valence-electron chi connectivity index (χ4n) is 1.31. The van der Waals surface area contributed by atoms with Crippen molar-refractivity contribution in [2.75, 3.05) is 6.54 Å². The molecule has 0 spiro atoms. The largest absolute Gasteiger partial charge is 0.445 e. The van der Waals surface area contributed by atoms with Crippen molar-refractivity contribution in [2.45, 2.75) is 13.0 Å². The highest BCUT2D eigenvalue weighted by atomic mass is 16.6. The summed E-state index contributed by atoms with van der Waals surface area (Å²) in [6, 6.07) is 0. The van der Waals surface area contributed by atoms with Crippen molar-refractivity contribution < 1.29 is 9.53 Å². The van der Waals surface area contributed by atoms with E-state index in [9.17, 15) is 4.79 Å². The third kappa shape index (κ3) is 2.32. The molecule has 0 aromatic rings. The molecule has 1 atom stereocenters. The van der Waals surface area contributed by atoms with Crippen LogP contribution in [0, 0.1) is 0 Å². The zero-order valence-corrected chi connectivity index (χ0v) is 7.51. The van der Waals surface area contributed by atoms with E-state index in [2.05, 4.69) is 0 Å². The van der Waals surface area contributed by atoms with Crippen LogP contribution in [-0.2, 0) is 4.74 Å². The summed E-state index contributed by atoms with van der Waals surface area (Å²) in [5, 5.41) is 0. The van der Waals surface area contributed by atoms with Crippen LogP contribution in [0.4, 0.5) is 4.79 Å². The molecular weight excluding hydrogens is 159 g/mol. The summed E-state index contributed by atoms with van der Waals surface area (Å²) < 4.78 is 4.91. The number of nitrogens with zero attached hydrogens (tertiary/aromatic N) is 1. The Balaban J connectivity index is 2.64. The average Bonchev–Trinajstić information content (AvgIpc) is 2.31. The molecule has 0 N–H and O–H groups in total. The molecule has 1 aliphatic heterocycles. The lowest BCUT2D eigenvalue weighted by Gasteiger charge is -2.24. The highest BCUT2D eigenvalue weighted by Crippen LogP contribution is 2.11. The SMILES string of the molecule is [B][B]B(B([B])[B])N1CC(C)OC1=O. The number of carbonyl (C=O) groups excluding carboxylic acids is 1. The minimum atomic E-state index is -0.678.